The maximum absolute atomic E-state index is 12.0. The molecule has 0 spiro atoms. The Morgan fingerprint density at radius 1 is 1.27 bits per heavy atom. The van der Waals surface area contributed by atoms with Crippen molar-refractivity contribution in [1.82, 2.24) is 14.9 Å². The van der Waals surface area contributed by atoms with Crippen LogP contribution in [0, 0.1) is 0 Å². The maximum atomic E-state index is 12.0. The molecule has 0 atom stereocenters. The van der Waals surface area contributed by atoms with Crippen LogP contribution >= 0.6 is 0 Å². The van der Waals surface area contributed by atoms with Gasteiger partial charge in [-0.25, -0.2) is 4.98 Å². The van der Waals surface area contributed by atoms with Gasteiger partial charge in [0.1, 0.15) is 5.82 Å². The van der Waals surface area contributed by atoms with Gasteiger partial charge < -0.3 is 14.3 Å². The number of para-hydroxylation sites is 2. The number of hydrogen-bond donors (Lipinski definition) is 1. The van der Waals surface area contributed by atoms with Crippen molar-refractivity contribution in [3.8, 4) is 0 Å². The summed E-state index contributed by atoms with van der Waals surface area (Å²) in [6, 6.07) is 11.4. The number of unbranched alkanes of at least 4 members (excludes halogenated alkanes) is 1. The van der Waals surface area contributed by atoms with E-state index in [9.17, 15) is 4.79 Å². The predicted molar refractivity (Wildman–Crippen MR) is 84.5 cm³/mol. The molecule has 1 N–H and O–H groups in total. The van der Waals surface area contributed by atoms with Crippen molar-refractivity contribution < 1.29 is 9.21 Å². The van der Waals surface area contributed by atoms with E-state index in [0.717, 1.165) is 36.2 Å². The molecule has 22 heavy (non-hydrogen) atoms. The summed E-state index contributed by atoms with van der Waals surface area (Å²) in [5.41, 5.74) is 2.07. The number of imidazole rings is 1. The summed E-state index contributed by atoms with van der Waals surface area (Å²) in [6.07, 6.45) is 3.69. The molecule has 3 aromatic rings. The molecular weight excluding hydrogens is 278 g/mol. The van der Waals surface area contributed by atoms with Gasteiger partial charge >= 0.3 is 0 Å². The molecule has 0 radical (unpaired) electrons. The first-order chi connectivity index (χ1) is 10.8. The van der Waals surface area contributed by atoms with E-state index in [-0.39, 0.29) is 5.91 Å². The minimum absolute atomic E-state index is 0.223. The van der Waals surface area contributed by atoms with Gasteiger partial charge in [0, 0.05) is 6.54 Å². The average molecular weight is 297 g/mol. The van der Waals surface area contributed by atoms with Crippen molar-refractivity contribution >= 4 is 16.9 Å². The molecule has 114 valence electrons. The molecule has 0 bridgehead atoms. The molecule has 0 aliphatic rings. The van der Waals surface area contributed by atoms with Crippen molar-refractivity contribution in [2.24, 2.45) is 0 Å². The number of nitrogens with one attached hydrogen (secondary N) is 1. The third-order valence-electron chi connectivity index (χ3n) is 3.62. The molecule has 1 aromatic carbocycles. The fraction of sp³-hybridized carbons (Fsp3) is 0.294. The van der Waals surface area contributed by atoms with Crippen LogP contribution in [0.1, 0.15) is 36.1 Å². The summed E-state index contributed by atoms with van der Waals surface area (Å²) < 4.78 is 7.28. The lowest BCUT2D eigenvalue weighted by Gasteiger charge is -2.09. The lowest BCUT2D eigenvalue weighted by molar-refractivity contribution is 0.0921. The van der Waals surface area contributed by atoms with Gasteiger partial charge in [-0.3, -0.25) is 4.79 Å². The highest BCUT2D eigenvalue weighted by Crippen LogP contribution is 2.17. The highest BCUT2D eigenvalue weighted by molar-refractivity contribution is 5.91. The smallest absolute Gasteiger partial charge is 0.287 e. The molecule has 1 amide bonds. The first-order valence-electron chi connectivity index (χ1n) is 7.55. The number of rotatable bonds is 6. The summed E-state index contributed by atoms with van der Waals surface area (Å²) in [5.74, 6) is 0.963. The average Bonchev–Trinajstić information content (AvgIpc) is 3.18. The van der Waals surface area contributed by atoms with Gasteiger partial charge in [-0.2, -0.15) is 0 Å². The fourth-order valence-electron chi connectivity index (χ4n) is 2.48. The number of carbonyl (C=O) groups excluding carboxylic acids is 1. The number of fused-ring (bicyclic) bond motifs is 1. The summed E-state index contributed by atoms with van der Waals surface area (Å²) in [7, 11) is 0. The fourth-order valence-corrected chi connectivity index (χ4v) is 2.48. The predicted octanol–water partition coefficient (Wildman–Crippen LogP) is 3.36. The van der Waals surface area contributed by atoms with E-state index < -0.39 is 0 Å². The van der Waals surface area contributed by atoms with E-state index in [2.05, 4.69) is 27.9 Å². The normalized spacial score (nSPS) is 11.0. The number of benzene rings is 1. The van der Waals surface area contributed by atoms with E-state index in [1.165, 1.54) is 6.26 Å². The second kappa shape index (κ2) is 6.47. The Balaban J connectivity index is 1.81. The van der Waals surface area contributed by atoms with Gasteiger partial charge in [-0.1, -0.05) is 25.5 Å². The number of carbonyl (C=O) groups is 1. The van der Waals surface area contributed by atoms with Gasteiger partial charge in [0.25, 0.3) is 5.91 Å². The second-order valence-electron chi connectivity index (χ2n) is 5.18. The first-order valence-corrected chi connectivity index (χ1v) is 7.55. The zero-order valence-corrected chi connectivity index (χ0v) is 12.6. The number of hydrogen-bond acceptors (Lipinski definition) is 3. The van der Waals surface area contributed by atoms with Crippen molar-refractivity contribution in [1.29, 1.82) is 0 Å². The highest BCUT2D eigenvalue weighted by atomic mass is 16.3. The van der Waals surface area contributed by atoms with E-state index in [4.69, 9.17) is 4.42 Å². The van der Waals surface area contributed by atoms with Crippen LogP contribution in [0.4, 0.5) is 0 Å². The van der Waals surface area contributed by atoms with E-state index in [0.29, 0.717) is 12.3 Å². The van der Waals surface area contributed by atoms with Crippen LogP contribution in [0.5, 0.6) is 0 Å². The Hall–Kier alpha value is -2.56. The zero-order chi connectivity index (χ0) is 15.4. The molecule has 5 heteroatoms. The molecule has 0 saturated carbocycles. The first kappa shape index (κ1) is 14.4. The molecule has 0 saturated heterocycles. The van der Waals surface area contributed by atoms with E-state index >= 15 is 0 Å². The maximum Gasteiger partial charge on any atom is 0.287 e. The minimum atomic E-state index is -0.223. The number of amides is 1. The Morgan fingerprint density at radius 2 is 2.14 bits per heavy atom. The van der Waals surface area contributed by atoms with Crippen LogP contribution < -0.4 is 5.32 Å². The van der Waals surface area contributed by atoms with Crippen LogP contribution in [0.15, 0.2) is 47.1 Å². The molecular formula is C17H19N3O2. The largest absolute Gasteiger partial charge is 0.459 e. The number of nitrogens with zero attached hydrogens (tertiary/aromatic N) is 2. The van der Waals surface area contributed by atoms with Crippen molar-refractivity contribution in [3.05, 3.63) is 54.2 Å². The Labute approximate surface area is 129 Å². The van der Waals surface area contributed by atoms with E-state index in [1.807, 2.05) is 18.2 Å². The van der Waals surface area contributed by atoms with Gasteiger partial charge in [0.05, 0.1) is 23.8 Å². The number of aromatic nitrogens is 2. The zero-order valence-electron chi connectivity index (χ0n) is 12.6. The topological polar surface area (TPSA) is 60.1 Å². The van der Waals surface area contributed by atoms with Crippen LogP contribution in [0.25, 0.3) is 11.0 Å². The standard InChI is InChI=1S/C17H19N3O2/c1-2-3-10-20-14-8-5-4-7-13(14)19-16(20)12-18-17(21)15-9-6-11-22-15/h4-9,11H,2-3,10,12H2,1H3,(H,18,21). The summed E-state index contributed by atoms with van der Waals surface area (Å²) in [6.45, 7) is 3.46. The quantitative estimate of drug-likeness (QED) is 0.759. The summed E-state index contributed by atoms with van der Waals surface area (Å²) in [4.78, 5) is 16.6. The van der Waals surface area contributed by atoms with Gasteiger partial charge in [0.2, 0.25) is 0 Å². The van der Waals surface area contributed by atoms with Crippen molar-refractivity contribution in [2.75, 3.05) is 0 Å². The second-order valence-corrected chi connectivity index (χ2v) is 5.18. The van der Waals surface area contributed by atoms with Gasteiger partial charge in [0.15, 0.2) is 5.76 Å². The highest BCUT2D eigenvalue weighted by Gasteiger charge is 2.13. The molecule has 0 aliphatic heterocycles. The van der Waals surface area contributed by atoms with Crippen LogP contribution in [-0.2, 0) is 13.1 Å². The number of furan rings is 1. The molecule has 0 fully saturated rings. The van der Waals surface area contributed by atoms with Crippen molar-refractivity contribution in [2.45, 2.75) is 32.9 Å². The summed E-state index contributed by atoms with van der Waals surface area (Å²) >= 11 is 0. The monoisotopic (exact) mass is 297 g/mol. The molecule has 5 nitrogen and oxygen atoms in total. The third-order valence-corrected chi connectivity index (χ3v) is 3.62. The van der Waals surface area contributed by atoms with Crippen LogP contribution in [0.3, 0.4) is 0 Å². The van der Waals surface area contributed by atoms with Crippen LogP contribution in [-0.4, -0.2) is 15.5 Å². The lowest BCUT2D eigenvalue weighted by atomic mass is 10.3. The molecule has 2 aromatic heterocycles. The van der Waals surface area contributed by atoms with Gasteiger partial charge in [-0.05, 0) is 30.7 Å². The SMILES string of the molecule is CCCCn1c(CNC(=O)c2ccco2)nc2ccccc21. The van der Waals surface area contributed by atoms with Gasteiger partial charge in [-0.15, -0.1) is 0 Å². The Morgan fingerprint density at radius 3 is 2.91 bits per heavy atom. The molecule has 0 aliphatic carbocycles. The third kappa shape index (κ3) is 2.88. The number of aryl methyl sites for hydroxylation is 1. The summed E-state index contributed by atoms with van der Waals surface area (Å²) in [5, 5.41) is 2.86. The molecule has 3 rings (SSSR count). The van der Waals surface area contributed by atoms with E-state index in [1.54, 1.807) is 12.1 Å². The van der Waals surface area contributed by atoms with Crippen LogP contribution in [0.2, 0.25) is 0 Å². The molecule has 0 unspecified atom stereocenters. The molecule has 2 heterocycles. The minimum Gasteiger partial charge on any atom is -0.459 e. The Kier molecular flexibility index (Phi) is 4.23. The Bertz CT molecular complexity index is 759. The lowest BCUT2D eigenvalue weighted by Crippen LogP contribution is -2.24. The van der Waals surface area contributed by atoms with Crippen molar-refractivity contribution in [3.63, 3.8) is 0 Å².